The van der Waals surface area contributed by atoms with Crippen LogP contribution < -0.4 is 5.32 Å². The van der Waals surface area contributed by atoms with Gasteiger partial charge in [-0.05, 0) is 103 Å². The van der Waals surface area contributed by atoms with Gasteiger partial charge in [-0.25, -0.2) is 0 Å². The number of rotatable bonds is 51. The van der Waals surface area contributed by atoms with E-state index in [0.29, 0.717) is 12.8 Å². The standard InChI is InChI=1S/C66H109NO3/c1-3-5-7-9-11-13-15-17-19-21-23-24-25-26-27-28-29-30-31-32-33-34-35-36-37-38-39-40-41-42-44-46-48-50-52-54-56-58-60-62-66(70)67-64(63-68)65(69)61-59-57-55-53-51-49-47-45-43-22-20-18-16-14-12-10-8-6-4-2/h5,7,11,13,17,19,23-24,26-27,29-30,32-33,35-36,38-39,41-42,46,48,52,54,64-65,68-69H,3-4,6,8-10,12,14-16,18,20-22,25,28,31,34,37,40,43-45,47,49-51,53,55-63H2,1-2H3,(H,67,70)/b7-5-,13-11-,19-17-,24-23-,27-26-,30-29-,33-32-,36-35-,39-38-,42-41-,48-46-,54-52-. The Labute approximate surface area is 433 Å². The van der Waals surface area contributed by atoms with Gasteiger partial charge < -0.3 is 15.5 Å². The molecule has 0 aromatic rings. The fraction of sp³-hybridized carbons (Fsp3) is 0.621. The first-order valence-corrected chi connectivity index (χ1v) is 29.0. The Morgan fingerprint density at radius 3 is 0.914 bits per heavy atom. The number of hydrogen-bond acceptors (Lipinski definition) is 3. The zero-order valence-electron chi connectivity index (χ0n) is 45.5. The molecule has 0 bridgehead atoms. The lowest BCUT2D eigenvalue weighted by Crippen LogP contribution is -2.45. The van der Waals surface area contributed by atoms with Gasteiger partial charge in [0.15, 0.2) is 0 Å². The Bertz CT molecular complexity index is 1470. The van der Waals surface area contributed by atoms with Crippen LogP contribution in [0.1, 0.15) is 245 Å². The number of carbonyl (C=O) groups excluding carboxylic acids is 1. The van der Waals surface area contributed by atoms with E-state index in [4.69, 9.17) is 0 Å². The number of aliphatic hydroxyl groups is 2. The summed E-state index contributed by atoms with van der Waals surface area (Å²) in [6.07, 6.45) is 94.0. The van der Waals surface area contributed by atoms with Gasteiger partial charge in [-0.3, -0.25) is 4.79 Å². The molecule has 4 nitrogen and oxygen atoms in total. The summed E-state index contributed by atoms with van der Waals surface area (Å²) < 4.78 is 0. The van der Waals surface area contributed by atoms with E-state index in [1.165, 1.54) is 109 Å². The van der Waals surface area contributed by atoms with Crippen LogP contribution in [0.4, 0.5) is 0 Å². The van der Waals surface area contributed by atoms with Crippen molar-refractivity contribution < 1.29 is 15.0 Å². The maximum atomic E-state index is 12.5. The number of allylic oxidation sites excluding steroid dienone is 24. The van der Waals surface area contributed by atoms with Crippen LogP contribution in [0, 0.1) is 0 Å². The van der Waals surface area contributed by atoms with E-state index in [-0.39, 0.29) is 12.5 Å². The predicted octanol–water partition coefficient (Wildman–Crippen LogP) is 19.6. The summed E-state index contributed by atoms with van der Waals surface area (Å²) in [5.41, 5.74) is 0. The van der Waals surface area contributed by atoms with E-state index < -0.39 is 12.1 Å². The summed E-state index contributed by atoms with van der Waals surface area (Å²) in [5.74, 6) is -0.0779. The molecule has 3 N–H and O–H groups in total. The molecule has 0 radical (unpaired) electrons. The predicted molar refractivity (Wildman–Crippen MR) is 312 cm³/mol. The van der Waals surface area contributed by atoms with Crippen molar-refractivity contribution in [2.24, 2.45) is 0 Å². The number of hydrogen-bond donors (Lipinski definition) is 3. The molecule has 70 heavy (non-hydrogen) atoms. The van der Waals surface area contributed by atoms with E-state index in [1.54, 1.807) is 0 Å². The molecule has 2 unspecified atom stereocenters. The third-order valence-corrected chi connectivity index (χ3v) is 12.4. The molecule has 0 saturated heterocycles. The van der Waals surface area contributed by atoms with Crippen LogP contribution in [0.15, 0.2) is 146 Å². The lowest BCUT2D eigenvalue weighted by molar-refractivity contribution is -0.123. The van der Waals surface area contributed by atoms with Crippen molar-refractivity contribution in [2.75, 3.05) is 6.61 Å². The second-order valence-corrected chi connectivity index (χ2v) is 19.0. The van der Waals surface area contributed by atoms with Gasteiger partial charge in [0, 0.05) is 6.42 Å². The van der Waals surface area contributed by atoms with Gasteiger partial charge in [0.1, 0.15) is 0 Å². The number of carbonyl (C=O) groups is 1. The van der Waals surface area contributed by atoms with Crippen molar-refractivity contribution in [2.45, 2.75) is 257 Å². The summed E-state index contributed by atoms with van der Waals surface area (Å²) in [6, 6.07) is -0.571. The second kappa shape index (κ2) is 59.6. The van der Waals surface area contributed by atoms with Crippen molar-refractivity contribution in [3.8, 4) is 0 Å². The summed E-state index contributed by atoms with van der Waals surface area (Å²) in [6.45, 7) is 4.23. The minimum absolute atomic E-state index is 0.0779. The van der Waals surface area contributed by atoms with Crippen LogP contribution in [0.25, 0.3) is 0 Å². The fourth-order valence-electron chi connectivity index (χ4n) is 7.99. The largest absolute Gasteiger partial charge is 0.394 e. The van der Waals surface area contributed by atoms with E-state index in [9.17, 15) is 15.0 Å². The zero-order valence-corrected chi connectivity index (χ0v) is 45.5. The lowest BCUT2D eigenvalue weighted by Gasteiger charge is -2.22. The van der Waals surface area contributed by atoms with Crippen LogP contribution in [0.5, 0.6) is 0 Å². The van der Waals surface area contributed by atoms with Crippen molar-refractivity contribution >= 4 is 5.91 Å². The van der Waals surface area contributed by atoms with E-state index in [2.05, 4.69) is 165 Å². The lowest BCUT2D eigenvalue weighted by atomic mass is 10.0. The molecule has 396 valence electrons. The highest BCUT2D eigenvalue weighted by molar-refractivity contribution is 5.76. The maximum Gasteiger partial charge on any atom is 0.220 e. The molecule has 0 aromatic carbocycles. The molecule has 0 heterocycles. The van der Waals surface area contributed by atoms with Crippen LogP contribution in [0.2, 0.25) is 0 Å². The third kappa shape index (κ3) is 55.2. The highest BCUT2D eigenvalue weighted by Crippen LogP contribution is 2.16. The second-order valence-electron chi connectivity index (χ2n) is 19.0. The van der Waals surface area contributed by atoms with Crippen LogP contribution in [0.3, 0.4) is 0 Å². The van der Waals surface area contributed by atoms with Crippen molar-refractivity contribution in [3.05, 3.63) is 146 Å². The Morgan fingerprint density at radius 2 is 0.629 bits per heavy atom. The zero-order chi connectivity index (χ0) is 50.6. The number of nitrogens with one attached hydrogen (secondary N) is 1. The Balaban J connectivity index is 3.70. The minimum Gasteiger partial charge on any atom is -0.394 e. The molecule has 0 fully saturated rings. The highest BCUT2D eigenvalue weighted by Gasteiger charge is 2.20. The first-order chi connectivity index (χ1) is 34.7. The summed E-state index contributed by atoms with van der Waals surface area (Å²) >= 11 is 0. The van der Waals surface area contributed by atoms with Crippen molar-refractivity contribution in [3.63, 3.8) is 0 Å². The van der Waals surface area contributed by atoms with E-state index in [0.717, 1.165) is 109 Å². The average molecular weight is 965 g/mol. The molecule has 0 aliphatic rings. The quantitative estimate of drug-likeness (QED) is 0.0420. The number of unbranched alkanes of at least 4 members (excludes halogenated alkanes) is 20. The van der Waals surface area contributed by atoms with Gasteiger partial charge in [0.25, 0.3) is 0 Å². The SMILES string of the molecule is CC/C=C\C/C=C\C/C=C\C/C=C\C/C=C\C/C=C\C/C=C\C/C=C\C/C=C\C/C=C\C/C=C\C/C=C\CCCCC(=O)NC(CO)C(O)CCCCCCCCCCCCCCCCCCCCC. The smallest absolute Gasteiger partial charge is 0.220 e. The Hall–Kier alpha value is -3.73. The van der Waals surface area contributed by atoms with Gasteiger partial charge in [-0.2, -0.15) is 0 Å². The molecule has 0 saturated carbocycles. The van der Waals surface area contributed by atoms with Crippen LogP contribution >= 0.6 is 0 Å². The van der Waals surface area contributed by atoms with Gasteiger partial charge >= 0.3 is 0 Å². The van der Waals surface area contributed by atoms with Gasteiger partial charge in [0.05, 0.1) is 18.8 Å². The first-order valence-electron chi connectivity index (χ1n) is 29.0. The molecule has 0 aliphatic carbocycles. The molecular formula is C66H109NO3. The molecule has 0 rings (SSSR count). The Kier molecular flexibility index (Phi) is 56.4. The van der Waals surface area contributed by atoms with Crippen molar-refractivity contribution in [1.82, 2.24) is 5.32 Å². The Morgan fingerprint density at radius 1 is 0.357 bits per heavy atom. The third-order valence-electron chi connectivity index (χ3n) is 12.4. The monoisotopic (exact) mass is 964 g/mol. The first kappa shape index (κ1) is 66.3. The normalized spacial score (nSPS) is 13.9. The van der Waals surface area contributed by atoms with E-state index in [1.807, 2.05) is 0 Å². The number of amides is 1. The van der Waals surface area contributed by atoms with Gasteiger partial charge in [0.2, 0.25) is 5.91 Å². The topological polar surface area (TPSA) is 69.6 Å². The van der Waals surface area contributed by atoms with Gasteiger partial charge in [-0.15, -0.1) is 0 Å². The fourth-order valence-corrected chi connectivity index (χ4v) is 7.99. The molecular weight excluding hydrogens is 855 g/mol. The highest BCUT2D eigenvalue weighted by atomic mass is 16.3. The van der Waals surface area contributed by atoms with Crippen LogP contribution in [-0.4, -0.2) is 34.9 Å². The summed E-state index contributed by atoms with van der Waals surface area (Å²) in [5, 5.41) is 23.3. The molecule has 1 amide bonds. The van der Waals surface area contributed by atoms with Crippen molar-refractivity contribution in [1.29, 1.82) is 0 Å². The average Bonchev–Trinajstić information content (AvgIpc) is 3.36. The van der Waals surface area contributed by atoms with E-state index >= 15 is 0 Å². The molecule has 0 spiro atoms. The molecule has 4 heteroatoms. The maximum absolute atomic E-state index is 12.5. The summed E-state index contributed by atoms with van der Waals surface area (Å²) in [4.78, 5) is 12.5. The minimum atomic E-state index is -0.689. The van der Waals surface area contributed by atoms with Crippen LogP contribution in [-0.2, 0) is 4.79 Å². The van der Waals surface area contributed by atoms with Gasteiger partial charge in [-0.1, -0.05) is 282 Å². The molecule has 0 aliphatic heterocycles. The molecule has 0 aromatic heterocycles. The number of aliphatic hydroxyl groups excluding tert-OH is 2. The summed E-state index contributed by atoms with van der Waals surface area (Å²) in [7, 11) is 0. The molecule has 2 atom stereocenters.